The van der Waals surface area contributed by atoms with Crippen LogP contribution in [-0.4, -0.2) is 25.9 Å². The van der Waals surface area contributed by atoms with E-state index in [-0.39, 0.29) is 6.29 Å². The van der Waals surface area contributed by atoms with Gasteiger partial charge in [0.25, 0.3) is 0 Å². The molecule has 0 atom stereocenters. The summed E-state index contributed by atoms with van der Waals surface area (Å²) in [6, 6.07) is 8.40. The summed E-state index contributed by atoms with van der Waals surface area (Å²) in [6.07, 6.45) is 4.05. The number of nitrogens with one attached hydrogen (secondary N) is 1. The van der Waals surface area contributed by atoms with Gasteiger partial charge in [0.15, 0.2) is 0 Å². The zero-order valence-corrected chi connectivity index (χ0v) is 10.9. The molecular weight excluding hydrogens is 226 g/mol. The molecular formula is C15H22NO2+. The lowest BCUT2D eigenvalue weighted by Gasteiger charge is -2.26. The summed E-state index contributed by atoms with van der Waals surface area (Å²) in [7, 11) is 0. The zero-order valence-electron chi connectivity index (χ0n) is 10.9. The van der Waals surface area contributed by atoms with E-state index in [4.69, 9.17) is 9.47 Å². The molecule has 2 heterocycles. The van der Waals surface area contributed by atoms with Gasteiger partial charge in [-0.05, 0) is 30.4 Å². The number of benzene rings is 1. The number of hydrogen-bond donors (Lipinski definition) is 1. The molecule has 0 aromatic heterocycles. The highest BCUT2D eigenvalue weighted by molar-refractivity contribution is 5.26. The molecule has 0 bridgehead atoms. The minimum atomic E-state index is -0.0366. The fourth-order valence-corrected chi connectivity index (χ4v) is 2.86. The van der Waals surface area contributed by atoms with Gasteiger partial charge in [0, 0.05) is 0 Å². The van der Waals surface area contributed by atoms with Gasteiger partial charge < -0.3 is 14.4 Å². The molecule has 0 unspecified atom stereocenters. The fourth-order valence-electron chi connectivity index (χ4n) is 2.86. The number of ether oxygens (including phenoxy) is 2. The molecule has 0 spiro atoms. The van der Waals surface area contributed by atoms with Gasteiger partial charge in [-0.1, -0.05) is 24.3 Å². The van der Waals surface area contributed by atoms with Crippen LogP contribution in [0, 0.1) is 0 Å². The van der Waals surface area contributed by atoms with E-state index in [0.29, 0.717) is 13.2 Å². The minimum absolute atomic E-state index is 0.0366. The van der Waals surface area contributed by atoms with E-state index in [9.17, 15) is 0 Å². The van der Waals surface area contributed by atoms with E-state index in [1.165, 1.54) is 43.5 Å². The smallest absolute Gasteiger partial charge is 0.208 e. The molecule has 1 fully saturated rings. The first-order valence-corrected chi connectivity index (χ1v) is 7.05. The van der Waals surface area contributed by atoms with Crippen molar-refractivity contribution in [2.45, 2.75) is 38.8 Å². The topological polar surface area (TPSA) is 22.9 Å². The van der Waals surface area contributed by atoms with Gasteiger partial charge in [0.1, 0.15) is 6.54 Å². The lowest BCUT2D eigenvalue weighted by Crippen LogP contribution is -3.13. The van der Waals surface area contributed by atoms with Gasteiger partial charge in [-0.2, -0.15) is 0 Å². The molecule has 3 nitrogen and oxygen atoms in total. The zero-order chi connectivity index (χ0) is 12.2. The van der Waals surface area contributed by atoms with Crippen LogP contribution in [0.5, 0.6) is 0 Å². The maximum Gasteiger partial charge on any atom is 0.208 e. The highest BCUT2D eigenvalue weighted by Gasteiger charge is 2.23. The lowest BCUT2D eigenvalue weighted by atomic mass is 10.1. The van der Waals surface area contributed by atoms with Crippen molar-refractivity contribution in [3.8, 4) is 0 Å². The number of fused-ring (bicyclic) bond motifs is 1. The first-order valence-electron chi connectivity index (χ1n) is 7.05. The van der Waals surface area contributed by atoms with Crippen molar-refractivity contribution >= 4 is 0 Å². The van der Waals surface area contributed by atoms with Crippen LogP contribution in [-0.2, 0) is 22.7 Å². The van der Waals surface area contributed by atoms with Crippen molar-refractivity contribution in [2.24, 2.45) is 0 Å². The third kappa shape index (κ3) is 2.91. The van der Waals surface area contributed by atoms with Gasteiger partial charge in [0.2, 0.25) is 6.29 Å². The third-order valence-electron chi connectivity index (χ3n) is 3.98. The van der Waals surface area contributed by atoms with Crippen molar-refractivity contribution in [2.75, 3.05) is 19.6 Å². The molecule has 3 heteroatoms. The predicted octanol–water partition coefficient (Wildman–Crippen LogP) is 1.13. The Morgan fingerprint density at radius 3 is 2.17 bits per heavy atom. The highest BCUT2D eigenvalue weighted by Crippen LogP contribution is 2.17. The maximum absolute atomic E-state index is 5.89. The number of quaternary nitrogens is 1. The van der Waals surface area contributed by atoms with Gasteiger partial charge >= 0.3 is 0 Å². The predicted molar refractivity (Wildman–Crippen MR) is 69.2 cm³/mol. The summed E-state index contributed by atoms with van der Waals surface area (Å²) in [4.78, 5) is 1.64. The Morgan fingerprint density at radius 1 is 0.944 bits per heavy atom. The summed E-state index contributed by atoms with van der Waals surface area (Å²) < 4.78 is 11.8. The minimum Gasteiger partial charge on any atom is -0.343 e. The molecule has 2 aliphatic rings. The SMILES string of the molecule is c1ccc2c(c1)COC(C[NH+]1CCCCC1)OC2. The Hall–Kier alpha value is -0.900. The second-order valence-corrected chi connectivity index (χ2v) is 5.34. The summed E-state index contributed by atoms with van der Waals surface area (Å²) in [5.74, 6) is 0. The number of piperidine rings is 1. The Balaban J connectivity index is 1.57. The van der Waals surface area contributed by atoms with E-state index < -0.39 is 0 Å². The van der Waals surface area contributed by atoms with E-state index in [1.54, 1.807) is 4.90 Å². The highest BCUT2D eigenvalue weighted by atomic mass is 16.7. The lowest BCUT2D eigenvalue weighted by molar-refractivity contribution is -0.911. The van der Waals surface area contributed by atoms with E-state index >= 15 is 0 Å². The summed E-state index contributed by atoms with van der Waals surface area (Å²) in [6.45, 7) is 4.92. The third-order valence-corrected chi connectivity index (χ3v) is 3.98. The summed E-state index contributed by atoms with van der Waals surface area (Å²) in [5.41, 5.74) is 2.54. The molecule has 0 radical (unpaired) electrons. The molecule has 1 N–H and O–H groups in total. The van der Waals surface area contributed by atoms with Gasteiger partial charge in [-0.25, -0.2) is 0 Å². The molecule has 1 aromatic rings. The normalized spacial score (nSPS) is 22.4. The number of hydrogen-bond acceptors (Lipinski definition) is 2. The maximum atomic E-state index is 5.89. The molecule has 2 aliphatic heterocycles. The van der Waals surface area contributed by atoms with Gasteiger partial charge in [-0.15, -0.1) is 0 Å². The molecule has 1 aromatic carbocycles. The van der Waals surface area contributed by atoms with Gasteiger partial charge in [0.05, 0.1) is 26.3 Å². The van der Waals surface area contributed by atoms with Crippen LogP contribution >= 0.6 is 0 Å². The average molecular weight is 248 g/mol. The molecule has 98 valence electrons. The monoisotopic (exact) mass is 248 g/mol. The van der Waals surface area contributed by atoms with Crippen LogP contribution in [0.4, 0.5) is 0 Å². The Bertz CT molecular complexity index is 361. The van der Waals surface area contributed by atoms with E-state index in [1.807, 2.05) is 0 Å². The Kier molecular flexibility index (Phi) is 3.93. The molecule has 18 heavy (non-hydrogen) atoms. The van der Waals surface area contributed by atoms with Gasteiger partial charge in [-0.3, -0.25) is 0 Å². The van der Waals surface area contributed by atoms with Crippen molar-refractivity contribution < 1.29 is 14.4 Å². The van der Waals surface area contributed by atoms with E-state index in [2.05, 4.69) is 24.3 Å². The van der Waals surface area contributed by atoms with Crippen LogP contribution in [0.25, 0.3) is 0 Å². The largest absolute Gasteiger partial charge is 0.343 e. The molecule has 0 saturated carbocycles. The standard InChI is InChI=1S/C15H21NO2/c1-4-8-16(9-5-1)10-15-17-11-13-6-2-3-7-14(13)12-18-15/h2-3,6-7,15H,1,4-5,8-12H2/p+1. The van der Waals surface area contributed by atoms with Crippen molar-refractivity contribution in [3.05, 3.63) is 35.4 Å². The van der Waals surface area contributed by atoms with Crippen LogP contribution in [0.1, 0.15) is 30.4 Å². The molecule has 1 saturated heterocycles. The first-order chi connectivity index (χ1) is 8.92. The van der Waals surface area contributed by atoms with E-state index in [0.717, 1.165) is 6.54 Å². The summed E-state index contributed by atoms with van der Waals surface area (Å²) in [5, 5.41) is 0. The van der Waals surface area contributed by atoms with Crippen molar-refractivity contribution in [1.82, 2.24) is 0 Å². The van der Waals surface area contributed by atoms with Crippen LogP contribution in [0.2, 0.25) is 0 Å². The quantitative estimate of drug-likeness (QED) is 0.848. The van der Waals surface area contributed by atoms with Crippen LogP contribution in [0.15, 0.2) is 24.3 Å². The second-order valence-electron chi connectivity index (χ2n) is 5.34. The van der Waals surface area contributed by atoms with Crippen LogP contribution in [0.3, 0.4) is 0 Å². The fraction of sp³-hybridized carbons (Fsp3) is 0.600. The Morgan fingerprint density at radius 2 is 1.56 bits per heavy atom. The molecule has 0 amide bonds. The molecule has 3 rings (SSSR count). The average Bonchev–Trinajstić information content (AvgIpc) is 2.63. The second kappa shape index (κ2) is 5.83. The number of rotatable bonds is 2. The van der Waals surface area contributed by atoms with Crippen LogP contribution < -0.4 is 4.90 Å². The first kappa shape index (κ1) is 12.2. The molecule has 0 aliphatic carbocycles. The number of likely N-dealkylation sites (tertiary alicyclic amines) is 1. The Labute approximate surface area is 109 Å². The summed E-state index contributed by atoms with van der Waals surface area (Å²) >= 11 is 0. The van der Waals surface area contributed by atoms with Crippen molar-refractivity contribution in [1.29, 1.82) is 0 Å². The van der Waals surface area contributed by atoms with Crippen molar-refractivity contribution in [3.63, 3.8) is 0 Å².